The molecule has 0 heterocycles. The molecule has 1 rings (SSSR count). The van der Waals surface area contributed by atoms with Crippen LogP contribution in [0.2, 0.25) is 0 Å². The summed E-state index contributed by atoms with van der Waals surface area (Å²) in [6, 6.07) is 0.187. The van der Waals surface area contributed by atoms with Crippen LogP contribution >= 0.6 is 0 Å². The van der Waals surface area contributed by atoms with Gasteiger partial charge in [-0.1, -0.05) is 20.8 Å². The Morgan fingerprint density at radius 1 is 1.33 bits per heavy atom. The predicted octanol–water partition coefficient (Wildman–Crippen LogP) is 1.97. The molecule has 4 nitrogen and oxygen atoms in total. The van der Waals surface area contributed by atoms with Gasteiger partial charge in [0.2, 0.25) is 0 Å². The number of rotatable bonds is 5. The van der Waals surface area contributed by atoms with E-state index in [1.165, 1.54) is 0 Å². The lowest BCUT2D eigenvalue weighted by molar-refractivity contribution is -0.158. The van der Waals surface area contributed by atoms with E-state index in [2.05, 4.69) is 20.8 Å². The summed E-state index contributed by atoms with van der Waals surface area (Å²) >= 11 is 0. The summed E-state index contributed by atoms with van der Waals surface area (Å²) in [5.74, 6) is 0.183. The molecule has 4 heteroatoms. The average Bonchev–Trinajstić information content (AvgIpc) is 2.31. The molecule has 3 atom stereocenters. The lowest BCUT2D eigenvalue weighted by Gasteiger charge is -2.45. The van der Waals surface area contributed by atoms with Crippen molar-refractivity contribution in [1.29, 1.82) is 0 Å². The molecule has 3 unspecified atom stereocenters. The minimum atomic E-state index is -0.0987. The molecule has 0 spiro atoms. The van der Waals surface area contributed by atoms with Crippen molar-refractivity contribution < 1.29 is 14.3 Å². The second-order valence-electron chi connectivity index (χ2n) is 5.77. The van der Waals surface area contributed by atoms with Gasteiger partial charge in [0.1, 0.15) is 6.61 Å². The molecular formula is C14H27NO3. The molecule has 1 aliphatic rings. The fourth-order valence-corrected chi connectivity index (χ4v) is 2.72. The van der Waals surface area contributed by atoms with E-state index >= 15 is 0 Å². The summed E-state index contributed by atoms with van der Waals surface area (Å²) in [4.78, 5) is 12.1. The van der Waals surface area contributed by atoms with Crippen LogP contribution in [-0.2, 0) is 14.3 Å². The van der Waals surface area contributed by atoms with Crippen LogP contribution in [0, 0.1) is 17.3 Å². The molecule has 18 heavy (non-hydrogen) atoms. The summed E-state index contributed by atoms with van der Waals surface area (Å²) in [5.41, 5.74) is 5.99. The van der Waals surface area contributed by atoms with E-state index in [1.807, 2.05) is 6.92 Å². The number of hydrogen-bond donors (Lipinski definition) is 1. The highest BCUT2D eigenvalue weighted by Crippen LogP contribution is 2.44. The van der Waals surface area contributed by atoms with Gasteiger partial charge in [0.05, 0.1) is 12.5 Å². The number of ether oxygens (including phenoxy) is 2. The molecule has 0 saturated heterocycles. The molecule has 1 aliphatic carbocycles. The van der Waals surface area contributed by atoms with E-state index in [9.17, 15) is 4.79 Å². The van der Waals surface area contributed by atoms with Crippen molar-refractivity contribution in [3.05, 3.63) is 0 Å². The minimum absolute atomic E-state index is 0.0473. The molecule has 0 aromatic rings. The molecule has 1 fully saturated rings. The molecule has 2 N–H and O–H groups in total. The second-order valence-corrected chi connectivity index (χ2v) is 5.77. The topological polar surface area (TPSA) is 61.5 Å². The van der Waals surface area contributed by atoms with Gasteiger partial charge >= 0.3 is 5.97 Å². The number of hydrogen-bond acceptors (Lipinski definition) is 4. The van der Waals surface area contributed by atoms with Gasteiger partial charge < -0.3 is 15.2 Å². The Bertz CT molecular complexity index is 278. The van der Waals surface area contributed by atoms with Gasteiger partial charge in [-0.15, -0.1) is 0 Å². The van der Waals surface area contributed by atoms with Crippen molar-refractivity contribution in [2.75, 3.05) is 19.8 Å². The summed E-state index contributed by atoms with van der Waals surface area (Å²) < 4.78 is 10.5. The quantitative estimate of drug-likeness (QED) is 0.604. The van der Waals surface area contributed by atoms with Crippen LogP contribution in [0.1, 0.15) is 40.5 Å². The fourth-order valence-electron chi connectivity index (χ4n) is 2.72. The third-order valence-electron chi connectivity index (χ3n) is 4.46. The molecule has 0 radical (unpaired) electrons. The zero-order valence-electron chi connectivity index (χ0n) is 12.1. The van der Waals surface area contributed by atoms with E-state index in [4.69, 9.17) is 15.2 Å². The first-order valence-electron chi connectivity index (χ1n) is 6.91. The second kappa shape index (κ2) is 6.53. The lowest BCUT2D eigenvalue weighted by Crippen LogP contribution is -2.49. The van der Waals surface area contributed by atoms with Crippen molar-refractivity contribution in [1.82, 2.24) is 0 Å². The van der Waals surface area contributed by atoms with Crippen LogP contribution in [0.15, 0.2) is 0 Å². The molecular weight excluding hydrogens is 230 g/mol. The number of carbonyl (C=O) groups excluding carboxylic acids is 1. The van der Waals surface area contributed by atoms with E-state index in [0.717, 1.165) is 12.8 Å². The van der Waals surface area contributed by atoms with Crippen LogP contribution in [0.25, 0.3) is 0 Å². The fraction of sp³-hybridized carbons (Fsp3) is 0.929. The van der Waals surface area contributed by atoms with Crippen molar-refractivity contribution in [3.8, 4) is 0 Å². The van der Waals surface area contributed by atoms with E-state index in [1.54, 1.807) is 0 Å². The highest BCUT2D eigenvalue weighted by molar-refractivity contribution is 5.73. The highest BCUT2D eigenvalue weighted by atomic mass is 16.6. The maximum atomic E-state index is 12.1. The monoisotopic (exact) mass is 257 g/mol. The summed E-state index contributed by atoms with van der Waals surface area (Å²) in [5, 5.41) is 0. The van der Waals surface area contributed by atoms with Crippen molar-refractivity contribution in [3.63, 3.8) is 0 Å². The van der Waals surface area contributed by atoms with Crippen molar-refractivity contribution in [2.24, 2.45) is 23.0 Å². The first-order valence-corrected chi connectivity index (χ1v) is 6.91. The van der Waals surface area contributed by atoms with Gasteiger partial charge in [-0.05, 0) is 31.1 Å². The third-order valence-corrected chi connectivity index (χ3v) is 4.46. The largest absolute Gasteiger partial charge is 0.463 e. The molecule has 106 valence electrons. The molecule has 0 aromatic heterocycles. The van der Waals surface area contributed by atoms with E-state index < -0.39 is 0 Å². The van der Waals surface area contributed by atoms with Gasteiger partial charge in [-0.25, -0.2) is 0 Å². The highest BCUT2D eigenvalue weighted by Gasteiger charge is 2.45. The zero-order valence-corrected chi connectivity index (χ0v) is 12.1. The molecule has 0 aromatic carbocycles. The Balaban J connectivity index is 2.51. The molecule has 0 aliphatic heterocycles. The molecule has 0 amide bonds. The van der Waals surface area contributed by atoms with Crippen molar-refractivity contribution >= 4 is 5.97 Å². The summed E-state index contributed by atoms with van der Waals surface area (Å²) in [7, 11) is 0. The Morgan fingerprint density at radius 3 is 2.61 bits per heavy atom. The summed E-state index contributed by atoms with van der Waals surface area (Å²) in [6.07, 6.45) is 1.72. The van der Waals surface area contributed by atoms with Crippen LogP contribution in [-0.4, -0.2) is 31.8 Å². The van der Waals surface area contributed by atoms with Gasteiger partial charge in [-0.3, -0.25) is 4.79 Å². The van der Waals surface area contributed by atoms with Gasteiger partial charge in [0, 0.05) is 12.6 Å². The van der Waals surface area contributed by atoms with Gasteiger partial charge in [0.15, 0.2) is 0 Å². The normalized spacial score (nSPS) is 31.1. The van der Waals surface area contributed by atoms with Gasteiger partial charge in [0.25, 0.3) is 0 Å². The Labute approximate surface area is 110 Å². The SMILES string of the molecule is CCOCCOC(=O)C1CCC(N)C(C)C1(C)C. The smallest absolute Gasteiger partial charge is 0.309 e. The lowest BCUT2D eigenvalue weighted by atomic mass is 9.61. The Hall–Kier alpha value is -0.610. The Kier molecular flexibility index (Phi) is 5.60. The molecule has 1 saturated carbocycles. The minimum Gasteiger partial charge on any atom is -0.463 e. The van der Waals surface area contributed by atoms with E-state index in [-0.39, 0.29) is 23.3 Å². The van der Waals surface area contributed by atoms with Crippen LogP contribution < -0.4 is 5.73 Å². The molecule has 0 bridgehead atoms. The van der Waals surface area contributed by atoms with Crippen LogP contribution in [0.5, 0.6) is 0 Å². The number of nitrogens with two attached hydrogens (primary N) is 1. The van der Waals surface area contributed by atoms with Crippen molar-refractivity contribution in [2.45, 2.75) is 46.6 Å². The van der Waals surface area contributed by atoms with Crippen LogP contribution in [0.3, 0.4) is 0 Å². The standard InChI is InChI=1S/C14H27NO3/c1-5-17-8-9-18-13(16)11-6-7-12(15)10(2)14(11,3)4/h10-12H,5-9,15H2,1-4H3. The van der Waals surface area contributed by atoms with Crippen LogP contribution in [0.4, 0.5) is 0 Å². The predicted molar refractivity (Wildman–Crippen MR) is 71.1 cm³/mol. The average molecular weight is 257 g/mol. The summed E-state index contributed by atoms with van der Waals surface area (Å²) in [6.45, 7) is 9.76. The third kappa shape index (κ3) is 3.45. The van der Waals surface area contributed by atoms with Gasteiger partial charge in [-0.2, -0.15) is 0 Å². The first-order chi connectivity index (χ1) is 8.41. The maximum Gasteiger partial charge on any atom is 0.309 e. The van der Waals surface area contributed by atoms with E-state index in [0.29, 0.717) is 25.7 Å². The zero-order chi connectivity index (χ0) is 13.8. The number of esters is 1. The Morgan fingerprint density at radius 2 is 2.00 bits per heavy atom. The number of carbonyl (C=O) groups is 1. The maximum absolute atomic E-state index is 12.1. The first kappa shape index (κ1) is 15.4.